The van der Waals surface area contributed by atoms with Crippen LogP contribution in [0.5, 0.6) is 0 Å². The number of aliphatic hydroxyl groups is 3. The summed E-state index contributed by atoms with van der Waals surface area (Å²) in [6, 6.07) is -10.8. The van der Waals surface area contributed by atoms with Gasteiger partial charge in [0.2, 0.25) is 47.3 Å². The summed E-state index contributed by atoms with van der Waals surface area (Å²) < 4.78 is 0. The largest absolute Gasteiger partial charge is 0.391 e. The first-order valence-corrected chi connectivity index (χ1v) is 28.3. The van der Waals surface area contributed by atoms with Crippen molar-refractivity contribution in [1.82, 2.24) is 42.5 Å². The summed E-state index contributed by atoms with van der Waals surface area (Å²) in [6.45, 7) is 8.29. The second-order valence-electron chi connectivity index (χ2n) is 21.4. The zero-order valence-electron chi connectivity index (χ0n) is 47.9. The Kier molecular flexibility index (Phi) is 35.3. The number of hydrogen-bond donors (Lipinski definition) is 16. The number of hydrogen-bond acceptors (Lipinski definition) is 19. The van der Waals surface area contributed by atoms with Gasteiger partial charge in [0.1, 0.15) is 42.0 Å². The molecule has 0 aromatic heterocycles. The Morgan fingerprint density at radius 3 is 1.61 bits per heavy atom. The zero-order valence-corrected chi connectivity index (χ0v) is 47.9. The van der Waals surface area contributed by atoms with Gasteiger partial charge < -0.3 is 86.5 Å². The molecule has 80 heavy (non-hydrogen) atoms. The third-order valence-corrected chi connectivity index (χ3v) is 13.8. The number of ketones is 3. The van der Waals surface area contributed by atoms with Gasteiger partial charge in [0.25, 0.3) is 0 Å². The van der Waals surface area contributed by atoms with Crippen molar-refractivity contribution in [2.45, 2.75) is 205 Å². The molecule has 0 aromatic carbocycles. The summed E-state index contributed by atoms with van der Waals surface area (Å²) in [6.07, 6.45) is -1.91. The maximum Gasteiger partial charge on any atom is 0.245 e. The normalized spacial score (nSPS) is 23.8. The molecule has 27 heteroatoms. The molecule has 0 spiro atoms. The quantitative estimate of drug-likeness (QED) is 0.0304. The average Bonchev–Trinajstić information content (AvgIpc) is 3.38. The summed E-state index contributed by atoms with van der Waals surface area (Å²) in [5, 5.41) is 52.3. The van der Waals surface area contributed by atoms with Crippen LogP contribution in [0.25, 0.3) is 0 Å². The molecule has 1 aliphatic heterocycles. The maximum atomic E-state index is 14.4. The highest BCUT2D eigenvalue weighted by Crippen LogP contribution is 2.20. The molecule has 8 amide bonds. The number of carbonyl (C=O) groups is 11. The number of rotatable bonds is 30. The fourth-order valence-electron chi connectivity index (χ4n) is 9.21. The molecule has 13 atom stereocenters. The van der Waals surface area contributed by atoms with E-state index < -0.39 is 163 Å². The lowest BCUT2D eigenvalue weighted by Crippen LogP contribution is -2.61. The number of nitrogens with two attached hydrogens (primary N) is 5. The molecule has 1 heterocycles. The molecule has 0 bridgehead atoms. The number of carbonyl (C=O) groups excluding carboxylic acids is 11. The molecule has 0 aromatic rings. The summed E-state index contributed by atoms with van der Waals surface area (Å²) in [7, 11) is 0. The zero-order chi connectivity index (χ0) is 60.6. The van der Waals surface area contributed by atoms with E-state index in [9.17, 15) is 68.1 Å². The van der Waals surface area contributed by atoms with E-state index >= 15 is 0 Å². The third-order valence-electron chi connectivity index (χ3n) is 13.8. The highest BCUT2D eigenvalue weighted by atomic mass is 16.3. The molecule has 0 saturated carbocycles. The Labute approximate surface area is 470 Å². The SMILES string of the molecule is CCCCCCCC(=O)C[C@@H](CCN)C(=O)N[C@H](C(=O)C[C@H](CCN)C(=O)N[C@H]1CCNC(=O)[C@H]([C@@H](C)O)NC(=O)[C@H](CCN)NC(=O)[C@H](CCN)NC(=O)[C@H]([C@@H](C)O)NC(=O)[C@@H](CC(C)C)CC(=O)[C@H](CCN)NC1=O)[C@@H](C)O. The van der Waals surface area contributed by atoms with Crippen molar-refractivity contribution in [2.24, 2.45) is 52.3 Å². The molecule has 21 N–H and O–H groups in total. The summed E-state index contributed by atoms with van der Waals surface area (Å²) in [5.74, 6) is -12.4. The Hall–Kier alpha value is -5.55. The molecule has 27 nitrogen and oxygen atoms in total. The van der Waals surface area contributed by atoms with Gasteiger partial charge in [0, 0.05) is 50.0 Å². The van der Waals surface area contributed by atoms with E-state index in [4.69, 9.17) is 28.7 Å². The maximum absolute atomic E-state index is 14.4. The van der Waals surface area contributed by atoms with Gasteiger partial charge in [-0.25, -0.2) is 0 Å². The molecular formula is C53H97N13O14. The van der Waals surface area contributed by atoms with Crippen LogP contribution in [0.2, 0.25) is 0 Å². The van der Waals surface area contributed by atoms with Gasteiger partial charge in [0.15, 0.2) is 11.6 Å². The molecule has 1 aliphatic rings. The van der Waals surface area contributed by atoms with E-state index in [1.807, 2.05) is 0 Å². The van der Waals surface area contributed by atoms with Gasteiger partial charge in [-0.1, -0.05) is 46.5 Å². The van der Waals surface area contributed by atoms with Crippen LogP contribution in [0.3, 0.4) is 0 Å². The number of Topliss-reactive ketones (excluding diaryl/α,β-unsaturated/α-hetero) is 3. The molecule has 458 valence electrons. The monoisotopic (exact) mass is 1140 g/mol. The Morgan fingerprint density at radius 1 is 0.588 bits per heavy atom. The lowest BCUT2D eigenvalue weighted by Gasteiger charge is -2.28. The first kappa shape index (κ1) is 72.5. The minimum atomic E-state index is -1.68. The molecule has 1 rings (SSSR count). The lowest BCUT2D eigenvalue weighted by atomic mass is 9.88. The van der Waals surface area contributed by atoms with E-state index in [-0.39, 0.29) is 95.8 Å². The second-order valence-corrected chi connectivity index (χ2v) is 21.4. The van der Waals surface area contributed by atoms with E-state index in [2.05, 4.69) is 49.5 Å². The van der Waals surface area contributed by atoms with Crippen molar-refractivity contribution in [2.75, 3.05) is 39.3 Å². The smallest absolute Gasteiger partial charge is 0.245 e. The van der Waals surface area contributed by atoms with Crippen LogP contribution in [0, 0.1) is 23.7 Å². The number of unbranched alkanes of at least 4 members (excludes halogenated alkanes) is 4. The molecule has 1 saturated heterocycles. The molecule has 1 fully saturated rings. The van der Waals surface area contributed by atoms with Crippen LogP contribution in [0.15, 0.2) is 0 Å². The van der Waals surface area contributed by atoms with Crippen LogP contribution in [0.1, 0.15) is 144 Å². The van der Waals surface area contributed by atoms with Gasteiger partial charge >= 0.3 is 0 Å². The van der Waals surface area contributed by atoms with E-state index in [0.29, 0.717) is 6.42 Å². The summed E-state index contributed by atoms with van der Waals surface area (Å²) >= 11 is 0. The Bertz CT molecular complexity index is 2010. The van der Waals surface area contributed by atoms with Crippen molar-refractivity contribution in [1.29, 1.82) is 0 Å². The highest BCUT2D eigenvalue weighted by Gasteiger charge is 2.38. The Balaban J connectivity index is 3.80. The van der Waals surface area contributed by atoms with E-state index in [1.165, 1.54) is 20.8 Å². The first-order valence-electron chi connectivity index (χ1n) is 28.3. The molecular weight excluding hydrogens is 1040 g/mol. The van der Waals surface area contributed by atoms with Gasteiger partial charge in [-0.3, -0.25) is 52.7 Å². The van der Waals surface area contributed by atoms with Crippen molar-refractivity contribution in [3.05, 3.63) is 0 Å². The second kappa shape index (κ2) is 39.0. The topological polar surface area (TPSA) is 475 Å². The van der Waals surface area contributed by atoms with E-state index in [1.54, 1.807) is 13.8 Å². The third kappa shape index (κ3) is 26.4. The summed E-state index contributed by atoms with van der Waals surface area (Å²) in [4.78, 5) is 152. The van der Waals surface area contributed by atoms with Gasteiger partial charge in [-0.2, -0.15) is 0 Å². The van der Waals surface area contributed by atoms with E-state index in [0.717, 1.165) is 25.7 Å². The van der Waals surface area contributed by atoms with Crippen LogP contribution in [0.4, 0.5) is 0 Å². The van der Waals surface area contributed by atoms with Gasteiger partial charge in [-0.05, 0) is 111 Å². The van der Waals surface area contributed by atoms with Crippen LogP contribution in [-0.4, -0.2) is 180 Å². The lowest BCUT2D eigenvalue weighted by molar-refractivity contribution is -0.138. The van der Waals surface area contributed by atoms with Crippen molar-refractivity contribution < 1.29 is 68.1 Å². The van der Waals surface area contributed by atoms with Crippen molar-refractivity contribution >= 4 is 64.6 Å². The van der Waals surface area contributed by atoms with Crippen molar-refractivity contribution in [3.63, 3.8) is 0 Å². The molecule has 0 radical (unpaired) electrons. The minimum absolute atomic E-state index is 0.0561. The molecule has 0 aliphatic carbocycles. The average molecular weight is 1140 g/mol. The Morgan fingerprint density at radius 2 is 1.09 bits per heavy atom. The first-order chi connectivity index (χ1) is 37.8. The summed E-state index contributed by atoms with van der Waals surface area (Å²) in [5.41, 5.74) is 29.2. The van der Waals surface area contributed by atoms with Crippen LogP contribution < -0.4 is 71.2 Å². The number of nitrogens with one attached hydrogen (secondary N) is 8. The predicted octanol–water partition coefficient (Wildman–Crippen LogP) is -4.08. The standard InChI is InChI=1S/C53H97N13O14/c1-7-8-9-10-11-12-36(70)26-33(13-19-54)47(74)64-43(30(4)67)42(72)27-34(14-20-55)46(73)61-40-18-24-59-52(79)44(31(5)68)66-51(78)39(17-23-58)62-49(76)38(16-22-57)63-53(80)45(32(6)69)65-48(75)35(25-29(2)3)28-41(71)37(15-21-56)60-50(40)77/h29-35,37-40,43-45,67-69H,7-28,54-58H2,1-6H3,(H,59,79)(H,60,77)(H,61,73)(H,62,76)(H,63,80)(H,64,74)(H,65,75)(H,66,78)/t30-,31-,32-,33-,34+,35+,37+,38+,39+,40+,43+,44+,45+/m1/s1. The number of aliphatic hydroxyl groups excluding tert-OH is 3. The van der Waals surface area contributed by atoms with Gasteiger partial charge in [0.05, 0.1) is 24.4 Å². The molecule has 0 unspecified atom stereocenters. The van der Waals surface area contributed by atoms with Crippen LogP contribution in [-0.2, 0) is 52.7 Å². The predicted molar refractivity (Wildman–Crippen MR) is 297 cm³/mol. The van der Waals surface area contributed by atoms with Gasteiger partial charge in [-0.15, -0.1) is 0 Å². The van der Waals surface area contributed by atoms with Crippen LogP contribution >= 0.6 is 0 Å². The fourth-order valence-corrected chi connectivity index (χ4v) is 9.21. The number of amides is 8. The van der Waals surface area contributed by atoms with Crippen molar-refractivity contribution in [3.8, 4) is 0 Å². The fraction of sp³-hybridized carbons (Fsp3) is 0.792. The minimum Gasteiger partial charge on any atom is -0.391 e. The highest BCUT2D eigenvalue weighted by molar-refractivity contribution is 5.99.